The van der Waals surface area contributed by atoms with Crippen molar-refractivity contribution in [1.29, 1.82) is 0 Å². The molecule has 1 aromatic carbocycles. The molecule has 0 spiro atoms. The van der Waals surface area contributed by atoms with E-state index in [-0.39, 0.29) is 10.6 Å². The maximum atomic E-state index is 11.9. The molecule has 2 aliphatic heterocycles. The molecule has 0 radical (unpaired) electrons. The largest absolute Gasteiger partial charge is 0.370 e. The number of hydrogen-bond donors (Lipinski definition) is 1. The van der Waals surface area contributed by atoms with E-state index in [1.54, 1.807) is 0 Å². The lowest BCUT2D eigenvalue weighted by molar-refractivity contribution is -0.385. The van der Waals surface area contributed by atoms with Crippen LogP contribution in [-0.2, 0) is 10.0 Å². The van der Waals surface area contributed by atoms with Gasteiger partial charge >= 0.3 is 0 Å². The Morgan fingerprint density at radius 3 is 2.40 bits per heavy atom. The number of likely N-dealkylation sites (tertiary alicyclic amines) is 1. The highest BCUT2D eigenvalue weighted by molar-refractivity contribution is 7.89. The highest BCUT2D eigenvalue weighted by atomic mass is 32.2. The fourth-order valence-corrected chi connectivity index (χ4v) is 4.82. The molecule has 1 aromatic rings. The Morgan fingerprint density at radius 1 is 1.20 bits per heavy atom. The van der Waals surface area contributed by atoms with Gasteiger partial charge in [0.25, 0.3) is 5.69 Å². The van der Waals surface area contributed by atoms with Gasteiger partial charge < -0.3 is 4.90 Å². The average molecular weight is 368 g/mol. The fraction of sp³-hybridized carbons (Fsp3) is 0.625. The van der Waals surface area contributed by atoms with E-state index in [1.165, 1.54) is 25.0 Å². The molecule has 0 amide bonds. The Hall–Kier alpha value is -1.71. The molecular formula is C16H24N4O4S. The number of primary sulfonamides is 1. The first kappa shape index (κ1) is 18.1. The molecule has 3 rings (SSSR count). The first-order valence-electron chi connectivity index (χ1n) is 8.59. The highest BCUT2D eigenvalue weighted by Crippen LogP contribution is 2.32. The van der Waals surface area contributed by atoms with E-state index in [0.717, 1.165) is 25.5 Å². The second kappa shape index (κ2) is 6.89. The number of hydrogen-bond acceptors (Lipinski definition) is 6. The second-order valence-corrected chi connectivity index (χ2v) is 8.43. The van der Waals surface area contributed by atoms with Crippen LogP contribution in [0.15, 0.2) is 23.1 Å². The van der Waals surface area contributed by atoms with Gasteiger partial charge in [-0.1, -0.05) is 0 Å². The van der Waals surface area contributed by atoms with Crippen molar-refractivity contribution in [3.05, 3.63) is 28.3 Å². The maximum absolute atomic E-state index is 11.9. The van der Waals surface area contributed by atoms with Crippen molar-refractivity contribution in [3.8, 4) is 0 Å². The summed E-state index contributed by atoms with van der Waals surface area (Å²) in [5, 5.41) is 16.2. The molecule has 0 saturated carbocycles. The minimum absolute atomic E-state index is 0.172. The van der Waals surface area contributed by atoms with Crippen molar-refractivity contribution in [1.82, 2.24) is 4.90 Å². The minimum atomic E-state index is -4.03. The van der Waals surface area contributed by atoms with Crippen molar-refractivity contribution < 1.29 is 13.3 Å². The lowest BCUT2D eigenvalue weighted by atomic mass is 10.0. The number of non-ortho nitro benzene ring substituents is 1. The van der Waals surface area contributed by atoms with Gasteiger partial charge in [-0.25, -0.2) is 13.6 Å². The van der Waals surface area contributed by atoms with Crippen molar-refractivity contribution in [2.24, 2.45) is 5.14 Å². The molecule has 9 heteroatoms. The summed E-state index contributed by atoms with van der Waals surface area (Å²) in [5.74, 6) is 0. The molecule has 1 unspecified atom stereocenters. The second-order valence-electron chi connectivity index (χ2n) is 6.90. The van der Waals surface area contributed by atoms with Gasteiger partial charge in [-0.2, -0.15) is 0 Å². The average Bonchev–Trinajstić information content (AvgIpc) is 2.99. The van der Waals surface area contributed by atoms with Crippen molar-refractivity contribution in [2.75, 3.05) is 24.5 Å². The Bertz CT molecular complexity index is 759. The summed E-state index contributed by atoms with van der Waals surface area (Å²) in [6, 6.07) is 5.01. The smallest absolute Gasteiger partial charge is 0.270 e. The molecule has 2 N–H and O–H groups in total. The molecule has 138 valence electrons. The number of benzene rings is 1. The fourth-order valence-electron chi connectivity index (χ4n) is 4.04. The summed E-state index contributed by atoms with van der Waals surface area (Å²) in [6.45, 7) is 4.82. The van der Waals surface area contributed by atoms with Gasteiger partial charge in [-0.15, -0.1) is 0 Å². The van der Waals surface area contributed by atoms with E-state index < -0.39 is 14.9 Å². The van der Waals surface area contributed by atoms with Crippen LogP contribution in [0.4, 0.5) is 11.4 Å². The molecule has 1 atom stereocenters. The van der Waals surface area contributed by atoms with Crippen LogP contribution in [0, 0.1) is 10.1 Å². The SMILES string of the molecule is CC1CCCN1C1CCN(c2ccc([N+](=O)[O-])cc2S(N)(=O)=O)CC1. The van der Waals surface area contributed by atoms with Crippen molar-refractivity contribution in [3.63, 3.8) is 0 Å². The third kappa shape index (κ3) is 3.78. The Balaban J connectivity index is 1.80. The highest BCUT2D eigenvalue weighted by Gasteiger charge is 2.32. The topological polar surface area (TPSA) is 110 Å². The van der Waals surface area contributed by atoms with Crippen LogP contribution < -0.4 is 10.0 Å². The van der Waals surface area contributed by atoms with Crippen LogP contribution in [0.3, 0.4) is 0 Å². The summed E-state index contributed by atoms with van der Waals surface area (Å²) < 4.78 is 23.8. The number of piperidine rings is 1. The quantitative estimate of drug-likeness (QED) is 0.640. The molecule has 8 nitrogen and oxygen atoms in total. The molecule has 2 heterocycles. The molecule has 0 aliphatic carbocycles. The van der Waals surface area contributed by atoms with Crippen LogP contribution in [0.1, 0.15) is 32.6 Å². The van der Waals surface area contributed by atoms with Gasteiger partial charge in [-0.3, -0.25) is 15.0 Å². The van der Waals surface area contributed by atoms with E-state index in [4.69, 9.17) is 5.14 Å². The third-order valence-corrected chi connectivity index (χ3v) is 6.28. The lowest BCUT2D eigenvalue weighted by Crippen LogP contribution is -2.46. The third-order valence-electron chi connectivity index (χ3n) is 5.34. The molecule has 0 aromatic heterocycles. The Morgan fingerprint density at radius 2 is 1.88 bits per heavy atom. The first-order valence-corrected chi connectivity index (χ1v) is 10.1. The standard InChI is InChI=1S/C16H24N4O4S/c1-12-3-2-8-19(12)13-6-9-18(10-7-13)15-5-4-14(20(21)22)11-16(15)25(17,23)24/h4-5,11-13H,2-3,6-10H2,1H3,(H2,17,23,24). The number of sulfonamides is 1. The van der Waals surface area contributed by atoms with Crippen molar-refractivity contribution in [2.45, 2.75) is 49.6 Å². The van der Waals surface area contributed by atoms with E-state index >= 15 is 0 Å². The zero-order chi connectivity index (χ0) is 18.2. The summed E-state index contributed by atoms with van der Waals surface area (Å²) in [5.41, 5.74) is 0.189. The predicted octanol–water partition coefficient (Wildman–Crippen LogP) is 1.70. The molecule has 25 heavy (non-hydrogen) atoms. The first-order chi connectivity index (χ1) is 11.8. The number of anilines is 1. The van der Waals surface area contributed by atoms with E-state index in [0.29, 0.717) is 30.9 Å². The van der Waals surface area contributed by atoms with Gasteiger partial charge in [0.15, 0.2) is 0 Å². The van der Waals surface area contributed by atoms with E-state index in [1.807, 2.05) is 4.90 Å². The maximum Gasteiger partial charge on any atom is 0.270 e. The Labute approximate surface area is 147 Å². The number of nitro groups is 1. The van der Waals surface area contributed by atoms with Gasteiger partial charge in [0.1, 0.15) is 4.90 Å². The van der Waals surface area contributed by atoms with Crippen LogP contribution >= 0.6 is 0 Å². The number of nitrogens with two attached hydrogens (primary N) is 1. The molecule has 2 aliphatic rings. The predicted molar refractivity (Wildman–Crippen MR) is 95.1 cm³/mol. The van der Waals surface area contributed by atoms with Gasteiger partial charge in [0.2, 0.25) is 10.0 Å². The monoisotopic (exact) mass is 368 g/mol. The number of nitrogens with zero attached hydrogens (tertiary/aromatic N) is 3. The van der Waals surface area contributed by atoms with Crippen LogP contribution in [0.25, 0.3) is 0 Å². The van der Waals surface area contributed by atoms with Gasteiger partial charge in [0.05, 0.1) is 10.6 Å². The minimum Gasteiger partial charge on any atom is -0.370 e. The van der Waals surface area contributed by atoms with Gasteiger partial charge in [-0.05, 0) is 45.2 Å². The summed E-state index contributed by atoms with van der Waals surface area (Å²) in [6.07, 6.45) is 4.37. The summed E-state index contributed by atoms with van der Waals surface area (Å²) >= 11 is 0. The van der Waals surface area contributed by atoms with E-state index in [9.17, 15) is 18.5 Å². The number of rotatable bonds is 4. The normalized spacial score (nSPS) is 23.1. The van der Waals surface area contributed by atoms with Crippen molar-refractivity contribution >= 4 is 21.4 Å². The summed E-state index contributed by atoms with van der Waals surface area (Å²) in [7, 11) is -4.03. The molecule has 2 fully saturated rings. The van der Waals surface area contributed by atoms with E-state index in [2.05, 4.69) is 11.8 Å². The Kier molecular flexibility index (Phi) is 4.99. The zero-order valence-electron chi connectivity index (χ0n) is 14.3. The van der Waals surface area contributed by atoms with Crippen LogP contribution in [0.2, 0.25) is 0 Å². The molecular weight excluding hydrogens is 344 g/mol. The summed E-state index contributed by atoms with van der Waals surface area (Å²) in [4.78, 5) is 14.7. The molecule has 2 saturated heterocycles. The lowest BCUT2D eigenvalue weighted by Gasteiger charge is -2.39. The van der Waals surface area contributed by atoms with Gasteiger partial charge in [0, 0.05) is 37.3 Å². The van der Waals surface area contributed by atoms with Crippen LogP contribution in [0.5, 0.6) is 0 Å². The number of nitro benzene ring substituents is 1. The molecule has 0 bridgehead atoms. The van der Waals surface area contributed by atoms with Crippen LogP contribution in [-0.4, -0.2) is 50.0 Å². The zero-order valence-corrected chi connectivity index (χ0v) is 15.1.